The van der Waals surface area contributed by atoms with E-state index in [1.54, 1.807) is 47.1 Å². The van der Waals surface area contributed by atoms with Gasteiger partial charge in [0.15, 0.2) is 18.1 Å². The van der Waals surface area contributed by atoms with Gasteiger partial charge in [0.25, 0.3) is 11.8 Å². The zero-order valence-corrected chi connectivity index (χ0v) is 20.1. The summed E-state index contributed by atoms with van der Waals surface area (Å²) in [5, 5.41) is 7.39. The number of aryl methyl sites for hydroxylation is 1. The van der Waals surface area contributed by atoms with Crippen LogP contribution < -0.4 is 20.5 Å². The molecule has 1 heterocycles. The lowest BCUT2D eigenvalue weighted by Crippen LogP contribution is -2.20. The van der Waals surface area contributed by atoms with Crippen LogP contribution in [0.1, 0.15) is 33.7 Å². The summed E-state index contributed by atoms with van der Waals surface area (Å²) in [5.74, 6) is -0.527. The Kier molecular flexibility index (Phi) is 8.08. The third-order valence-corrected chi connectivity index (χ3v) is 5.41. The number of nitrogens with one attached hydrogen (secondary N) is 1. The lowest BCUT2D eigenvalue weighted by molar-refractivity contribution is -0.140. The predicted molar refractivity (Wildman–Crippen MR) is 129 cm³/mol. The van der Waals surface area contributed by atoms with Crippen molar-refractivity contribution in [1.82, 2.24) is 9.78 Å². The highest BCUT2D eigenvalue weighted by Crippen LogP contribution is 2.30. The van der Waals surface area contributed by atoms with Crippen molar-refractivity contribution in [3.05, 3.63) is 65.0 Å². The number of hydrogen-bond donors (Lipinski definition) is 2. The topological polar surface area (TPSA) is 135 Å². The Morgan fingerprint density at radius 1 is 1.03 bits per heavy atom. The third-order valence-electron chi connectivity index (χ3n) is 5.41. The number of esters is 1. The number of carbonyl (C=O) groups excluding carboxylic acids is 3. The first-order chi connectivity index (χ1) is 16.7. The molecule has 184 valence electrons. The minimum Gasteiger partial charge on any atom is -0.493 e. The Labute approximate surface area is 203 Å². The monoisotopic (exact) mass is 480 g/mol. The number of amides is 2. The lowest BCUT2D eigenvalue weighted by Gasteiger charge is -2.12. The molecule has 3 aromatic rings. The molecule has 0 saturated carbocycles. The van der Waals surface area contributed by atoms with Crippen molar-refractivity contribution in [2.75, 3.05) is 26.1 Å². The Morgan fingerprint density at radius 3 is 2.37 bits per heavy atom. The zero-order chi connectivity index (χ0) is 25.5. The van der Waals surface area contributed by atoms with Crippen LogP contribution in [0.4, 0.5) is 5.69 Å². The molecule has 2 amide bonds. The normalized spacial score (nSPS) is 10.5. The van der Waals surface area contributed by atoms with Crippen LogP contribution in [0, 0.1) is 13.8 Å². The maximum atomic E-state index is 12.8. The van der Waals surface area contributed by atoms with Crippen LogP contribution in [0.3, 0.4) is 0 Å². The molecule has 2 aromatic carbocycles. The zero-order valence-electron chi connectivity index (χ0n) is 20.1. The highest BCUT2D eigenvalue weighted by Gasteiger charge is 2.15. The minimum atomic E-state index is -0.625. The molecular formula is C25H28N4O6. The summed E-state index contributed by atoms with van der Waals surface area (Å²) in [6.45, 7) is 3.52. The van der Waals surface area contributed by atoms with Crippen LogP contribution in [0.2, 0.25) is 0 Å². The number of hydrogen-bond acceptors (Lipinski definition) is 7. The van der Waals surface area contributed by atoms with E-state index in [0.29, 0.717) is 23.4 Å². The van der Waals surface area contributed by atoms with Crippen molar-refractivity contribution < 1.29 is 28.6 Å². The molecule has 0 spiro atoms. The summed E-state index contributed by atoms with van der Waals surface area (Å²) in [6.07, 6.45) is 0.821. The number of methoxy groups -OCH3 is 2. The molecule has 10 heteroatoms. The number of primary amides is 1. The lowest BCUT2D eigenvalue weighted by atomic mass is 10.1. The molecule has 0 radical (unpaired) electrons. The molecule has 0 unspecified atom stereocenters. The van der Waals surface area contributed by atoms with E-state index in [4.69, 9.17) is 19.9 Å². The third kappa shape index (κ3) is 6.17. The van der Waals surface area contributed by atoms with Gasteiger partial charge in [0.2, 0.25) is 0 Å². The van der Waals surface area contributed by atoms with Crippen LogP contribution in [0.15, 0.2) is 42.5 Å². The number of carbonyl (C=O) groups is 3. The molecule has 0 aliphatic rings. The average molecular weight is 481 g/mol. The van der Waals surface area contributed by atoms with Crippen molar-refractivity contribution in [2.45, 2.75) is 26.7 Å². The number of aromatic nitrogens is 2. The molecular weight excluding hydrogens is 452 g/mol. The Bertz CT molecular complexity index is 1230. The van der Waals surface area contributed by atoms with Gasteiger partial charge in [0, 0.05) is 29.4 Å². The second-order valence-electron chi connectivity index (χ2n) is 7.76. The number of nitrogens with two attached hydrogens (primary N) is 1. The quantitative estimate of drug-likeness (QED) is 0.426. The highest BCUT2D eigenvalue weighted by molar-refractivity contribution is 6.04. The van der Waals surface area contributed by atoms with E-state index in [2.05, 4.69) is 10.4 Å². The fourth-order valence-electron chi connectivity index (χ4n) is 3.59. The number of nitrogens with zero attached hydrogens (tertiary/aromatic N) is 2. The van der Waals surface area contributed by atoms with Gasteiger partial charge in [-0.15, -0.1) is 0 Å². The Balaban J connectivity index is 1.74. The van der Waals surface area contributed by atoms with E-state index in [9.17, 15) is 14.4 Å². The smallest absolute Gasteiger partial charge is 0.305 e. The Morgan fingerprint density at radius 2 is 1.74 bits per heavy atom. The van der Waals surface area contributed by atoms with E-state index in [0.717, 1.165) is 22.6 Å². The van der Waals surface area contributed by atoms with Gasteiger partial charge in [-0.2, -0.15) is 5.10 Å². The average Bonchev–Trinajstić information content (AvgIpc) is 3.14. The summed E-state index contributed by atoms with van der Waals surface area (Å²) >= 11 is 0. The largest absolute Gasteiger partial charge is 0.493 e. The number of benzene rings is 2. The van der Waals surface area contributed by atoms with Crippen molar-refractivity contribution in [3.63, 3.8) is 0 Å². The predicted octanol–water partition coefficient (Wildman–Crippen LogP) is 2.72. The first kappa shape index (κ1) is 25.3. The van der Waals surface area contributed by atoms with Crippen LogP contribution in [-0.2, 0) is 20.7 Å². The van der Waals surface area contributed by atoms with E-state index in [1.165, 1.54) is 14.2 Å². The van der Waals surface area contributed by atoms with Crippen LogP contribution in [0.5, 0.6) is 11.5 Å². The number of ether oxygens (including phenoxy) is 3. The summed E-state index contributed by atoms with van der Waals surface area (Å²) < 4.78 is 17.1. The first-order valence-electron chi connectivity index (χ1n) is 10.9. The van der Waals surface area contributed by atoms with E-state index in [1.807, 2.05) is 13.8 Å². The van der Waals surface area contributed by atoms with Crippen LogP contribution in [-0.4, -0.2) is 48.4 Å². The summed E-state index contributed by atoms with van der Waals surface area (Å²) in [4.78, 5) is 35.3. The van der Waals surface area contributed by atoms with Gasteiger partial charge in [0.1, 0.15) is 0 Å². The summed E-state index contributed by atoms with van der Waals surface area (Å²) in [6, 6.07) is 11.8. The molecule has 0 aliphatic carbocycles. The second-order valence-corrected chi connectivity index (χ2v) is 7.76. The molecule has 0 bridgehead atoms. The molecule has 3 N–H and O–H groups in total. The molecule has 0 atom stereocenters. The SMILES string of the molecule is COC(=O)CCc1c(C)nn(-c2ccc(C(=O)Nc3ccc(OC)c(OCC(N)=O)c3)cc2)c1C. The van der Waals surface area contributed by atoms with Gasteiger partial charge in [0.05, 0.1) is 25.6 Å². The molecule has 35 heavy (non-hydrogen) atoms. The molecule has 3 rings (SSSR count). The van der Waals surface area contributed by atoms with Crippen molar-refractivity contribution in [2.24, 2.45) is 5.73 Å². The van der Waals surface area contributed by atoms with Crippen molar-refractivity contribution >= 4 is 23.5 Å². The number of rotatable bonds is 10. The molecule has 1 aromatic heterocycles. The highest BCUT2D eigenvalue weighted by atomic mass is 16.5. The molecule has 0 aliphatic heterocycles. The maximum Gasteiger partial charge on any atom is 0.305 e. The fourth-order valence-corrected chi connectivity index (χ4v) is 3.59. The summed E-state index contributed by atoms with van der Waals surface area (Å²) in [5.41, 5.74) is 9.58. The van der Waals surface area contributed by atoms with E-state index < -0.39 is 5.91 Å². The first-order valence-corrected chi connectivity index (χ1v) is 10.9. The molecule has 0 fully saturated rings. The van der Waals surface area contributed by atoms with Crippen LogP contribution >= 0.6 is 0 Å². The van der Waals surface area contributed by atoms with E-state index in [-0.39, 0.29) is 30.7 Å². The molecule has 10 nitrogen and oxygen atoms in total. The van der Waals surface area contributed by atoms with Crippen molar-refractivity contribution in [1.29, 1.82) is 0 Å². The summed E-state index contributed by atoms with van der Waals surface area (Å²) in [7, 11) is 2.84. The molecule has 0 saturated heterocycles. The van der Waals surface area contributed by atoms with Gasteiger partial charge >= 0.3 is 5.97 Å². The van der Waals surface area contributed by atoms with Crippen LogP contribution in [0.25, 0.3) is 5.69 Å². The maximum absolute atomic E-state index is 12.8. The van der Waals surface area contributed by atoms with Gasteiger partial charge in [-0.05, 0) is 62.2 Å². The van der Waals surface area contributed by atoms with Gasteiger partial charge in [-0.3, -0.25) is 14.4 Å². The van der Waals surface area contributed by atoms with Gasteiger partial charge in [-0.25, -0.2) is 4.68 Å². The fraction of sp³-hybridized carbons (Fsp3) is 0.280. The van der Waals surface area contributed by atoms with Crippen molar-refractivity contribution in [3.8, 4) is 17.2 Å². The standard InChI is InChI=1S/C25H28N4O6/c1-15-20(10-12-24(31)34-4)16(2)29(28-15)19-8-5-17(6-9-19)25(32)27-18-7-11-21(33-3)22(13-18)35-14-23(26)30/h5-9,11,13H,10,12,14H2,1-4H3,(H2,26,30)(H,27,32). The van der Waals surface area contributed by atoms with Gasteiger partial charge < -0.3 is 25.3 Å². The number of anilines is 1. The van der Waals surface area contributed by atoms with E-state index >= 15 is 0 Å². The van der Waals surface area contributed by atoms with Gasteiger partial charge in [-0.1, -0.05) is 0 Å². The second kappa shape index (κ2) is 11.2. The minimum absolute atomic E-state index is 0.268. The Hall–Kier alpha value is -4.34.